The van der Waals surface area contributed by atoms with E-state index in [1.54, 1.807) is 12.1 Å². The van der Waals surface area contributed by atoms with Crippen molar-refractivity contribution in [2.24, 2.45) is 0 Å². The molecule has 6 heteroatoms. The monoisotopic (exact) mass is 405 g/mol. The molecule has 0 fully saturated rings. The molecule has 0 aliphatic rings. The lowest BCUT2D eigenvalue weighted by Crippen LogP contribution is -2.37. The Morgan fingerprint density at radius 3 is 2.39 bits per heavy atom. The van der Waals surface area contributed by atoms with Gasteiger partial charge in [0.1, 0.15) is 5.75 Å². The molecule has 2 aromatic rings. The summed E-state index contributed by atoms with van der Waals surface area (Å²) in [5, 5.41) is 3.60. The number of hydrogen-bond acceptors (Lipinski definition) is 4. The largest absolute Gasteiger partial charge is 0.490 e. The first-order valence-corrected chi connectivity index (χ1v) is 9.95. The van der Waals surface area contributed by atoms with Crippen molar-refractivity contribution in [2.45, 2.75) is 46.8 Å². The molecule has 28 heavy (non-hydrogen) atoms. The molecule has 152 valence electrons. The number of benzene rings is 2. The molecule has 2 aromatic carbocycles. The maximum absolute atomic E-state index is 12.6. The van der Waals surface area contributed by atoms with Crippen molar-refractivity contribution in [3.63, 3.8) is 0 Å². The Morgan fingerprint density at radius 2 is 1.75 bits per heavy atom. The van der Waals surface area contributed by atoms with Crippen LogP contribution >= 0.6 is 11.6 Å². The van der Waals surface area contributed by atoms with E-state index >= 15 is 0 Å². The van der Waals surface area contributed by atoms with Gasteiger partial charge in [-0.3, -0.25) is 4.79 Å². The predicted molar refractivity (Wildman–Crippen MR) is 112 cm³/mol. The fourth-order valence-electron chi connectivity index (χ4n) is 2.69. The van der Waals surface area contributed by atoms with Crippen LogP contribution in [0.1, 0.15) is 38.3 Å². The van der Waals surface area contributed by atoms with Crippen LogP contribution < -0.4 is 19.5 Å². The van der Waals surface area contributed by atoms with Crippen LogP contribution in [0.25, 0.3) is 0 Å². The molecular formula is C22H28ClNO4. The van der Waals surface area contributed by atoms with Crippen LogP contribution in [0.2, 0.25) is 5.02 Å². The fourth-order valence-corrected chi connectivity index (χ4v) is 2.80. The Bertz CT molecular complexity index is 794. The van der Waals surface area contributed by atoms with E-state index < -0.39 is 6.10 Å². The lowest BCUT2D eigenvalue weighted by atomic mass is 10.2. The van der Waals surface area contributed by atoms with Crippen LogP contribution in [0, 0.1) is 6.92 Å². The number of halogens is 1. The first kappa shape index (κ1) is 21.9. The summed E-state index contributed by atoms with van der Waals surface area (Å²) in [5.74, 6) is 1.84. The minimum absolute atomic E-state index is 0.165. The topological polar surface area (TPSA) is 56.8 Å². The zero-order valence-corrected chi connectivity index (χ0v) is 17.6. The maximum atomic E-state index is 12.6. The molecule has 0 unspecified atom stereocenters. The molecule has 1 atom stereocenters. The van der Waals surface area contributed by atoms with Crippen LogP contribution in [0.3, 0.4) is 0 Å². The Balaban J connectivity index is 2.00. The third-order valence-corrected chi connectivity index (χ3v) is 4.57. The van der Waals surface area contributed by atoms with Gasteiger partial charge in [-0.2, -0.15) is 0 Å². The highest BCUT2D eigenvalue weighted by molar-refractivity contribution is 6.31. The van der Waals surface area contributed by atoms with Crippen molar-refractivity contribution >= 4 is 17.5 Å². The number of carbonyl (C=O) groups is 1. The SMILES string of the molecule is CCOc1ccc(CNC(=O)[C@@H](CC)Oc2ccc(Cl)c(C)c2)cc1OCC. The van der Waals surface area contributed by atoms with Gasteiger partial charge in [0, 0.05) is 11.6 Å². The average molecular weight is 406 g/mol. The van der Waals surface area contributed by atoms with E-state index in [-0.39, 0.29) is 5.91 Å². The average Bonchev–Trinajstić information content (AvgIpc) is 2.69. The van der Waals surface area contributed by atoms with Gasteiger partial charge >= 0.3 is 0 Å². The van der Waals surface area contributed by atoms with Crippen LogP contribution in [-0.4, -0.2) is 25.2 Å². The van der Waals surface area contributed by atoms with Crippen molar-refractivity contribution in [2.75, 3.05) is 13.2 Å². The van der Waals surface area contributed by atoms with E-state index in [1.165, 1.54) is 0 Å². The minimum Gasteiger partial charge on any atom is -0.490 e. The molecule has 1 amide bonds. The van der Waals surface area contributed by atoms with E-state index in [9.17, 15) is 4.79 Å². The molecule has 2 rings (SSSR count). The third-order valence-electron chi connectivity index (χ3n) is 4.15. The first-order valence-electron chi connectivity index (χ1n) is 9.57. The van der Waals surface area contributed by atoms with Gasteiger partial charge in [0.15, 0.2) is 17.6 Å². The van der Waals surface area contributed by atoms with Crippen molar-refractivity contribution < 1.29 is 19.0 Å². The number of nitrogens with one attached hydrogen (secondary N) is 1. The number of ether oxygens (including phenoxy) is 3. The Kier molecular flexibility index (Phi) is 8.45. The molecule has 0 spiro atoms. The molecular weight excluding hydrogens is 378 g/mol. The summed E-state index contributed by atoms with van der Waals surface area (Å²) >= 11 is 6.04. The molecule has 5 nitrogen and oxygen atoms in total. The van der Waals surface area contributed by atoms with Gasteiger partial charge in [-0.1, -0.05) is 24.6 Å². The van der Waals surface area contributed by atoms with Crippen LogP contribution in [0.5, 0.6) is 17.2 Å². The second-order valence-corrected chi connectivity index (χ2v) is 6.70. The van der Waals surface area contributed by atoms with Crippen molar-refractivity contribution in [1.82, 2.24) is 5.32 Å². The summed E-state index contributed by atoms with van der Waals surface area (Å²) in [6, 6.07) is 11.0. The highest BCUT2D eigenvalue weighted by Gasteiger charge is 2.18. The van der Waals surface area contributed by atoms with Crippen molar-refractivity contribution in [3.8, 4) is 17.2 Å². The van der Waals surface area contributed by atoms with Gasteiger partial charge in [0.05, 0.1) is 13.2 Å². The zero-order chi connectivity index (χ0) is 20.5. The second kappa shape index (κ2) is 10.8. The van der Waals surface area contributed by atoms with Gasteiger partial charge in [-0.05, 0) is 68.7 Å². The highest BCUT2D eigenvalue weighted by atomic mass is 35.5. The fraction of sp³-hybridized carbons (Fsp3) is 0.409. The number of aryl methyl sites for hydroxylation is 1. The number of amides is 1. The summed E-state index contributed by atoms with van der Waals surface area (Å²) < 4.78 is 17.0. The van der Waals surface area contributed by atoms with Gasteiger partial charge in [-0.25, -0.2) is 0 Å². The maximum Gasteiger partial charge on any atom is 0.261 e. The number of hydrogen-bond donors (Lipinski definition) is 1. The van der Waals surface area contributed by atoms with Crippen LogP contribution in [-0.2, 0) is 11.3 Å². The smallest absolute Gasteiger partial charge is 0.261 e. The highest BCUT2D eigenvalue weighted by Crippen LogP contribution is 2.28. The van der Waals surface area contributed by atoms with Crippen molar-refractivity contribution in [1.29, 1.82) is 0 Å². The van der Waals surface area contributed by atoms with Crippen LogP contribution in [0.4, 0.5) is 0 Å². The molecule has 0 saturated carbocycles. The summed E-state index contributed by atoms with van der Waals surface area (Å²) in [6.07, 6.45) is -0.0179. The van der Waals surface area contributed by atoms with E-state index in [2.05, 4.69) is 5.32 Å². The molecule has 0 bridgehead atoms. The Hall–Kier alpha value is -2.40. The van der Waals surface area contributed by atoms with E-state index in [0.717, 1.165) is 11.1 Å². The Morgan fingerprint density at radius 1 is 1.04 bits per heavy atom. The molecule has 1 N–H and O–H groups in total. The van der Waals surface area contributed by atoms with Gasteiger partial charge in [-0.15, -0.1) is 0 Å². The molecule has 0 aliphatic carbocycles. The summed E-state index contributed by atoms with van der Waals surface area (Å²) in [6.45, 7) is 9.15. The minimum atomic E-state index is -0.574. The molecule has 0 aliphatic heterocycles. The molecule has 0 heterocycles. The molecule has 0 aromatic heterocycles. The predicted octanol–water partition coefficient (Wildman–Crippen LogP) is 4.92. The summed E-state index contributed by atoms with van der Waals surface area (Å²) in [4.78, 5) is 12.6. The van der Waals surface area contributed by atoms with E-state index in [4.69, 9.17) is 25.8 Å². The van der Waals surface area contributed by atoms with Crippen LogP contribution in [0.15, 0.2) is 36.4 Å². The van der Waals surface area contributed by atoms with Gasteiger partial charge < -0.3 is 19.5 Å². The quantitative estimate of drug-likeness (QED) is 0.609. The molecule has 0 saturated heterocycles. The Labute approximate surface area is 171 Å². The van der Waals surface area contributed by atoms with Gasteiger partial charge in [0.25, 0.3) is 5.91 Å². The summed E-state index contributed by atoms with van der Waals surface area (Å²) in [7, 11) is 0. The van der Waals surface area contributed by atoms with Crippen molar-refractivity contribution in [3.05, 3.63) is 52.5 Å². The summed E-state index contributed by atoms with van der Waals surface area (Å²) in [5.41, 5.74) is 1.84. The zero-order valence-electron chi connectivity index (χ0n) is 16.9. The first-order chi connectivity index (χ1) is 13.5. The standard InChI is InChI=1S/C22H28ClNO4/c1-5-19(28-17-9-10-18(23)15(4)12-17)22(25)24-14-16-8-11-20(26-6-2)21(13-16)27-7-3/h8-13,19H,5-7,14H2,1-4H3,(H,24,25)/t19-/m1/s1. The number of rotatable bonds is 10. The van der Waals surface area contributed by atoms with E-state index in [1.807, 2.05) is 52.0 Å². The molecule has 0 radical (unpaired) electrons. The normalized spacial score (nSPS) is 11.6. The lowest BCUT2D eigenvalue weighted by molar-refractivity contribution is -0.128. The second-order valence-electron chi connectivity index (χ2n) is 6.29. The van der Waals surface area contributed by atoms with E-state index in [0.29, 0.717) is 48.5 Å². The number of carbonyl (C=O) groups excluding carboxylic acids is 1. The van der Waals surface area contributed by atoms with Gasteiger partial charge in [0.2, 0.25) is 0 Å². The third kappa shape index (κ3) is 6.06. The lowest BCUT2D eigenvalue weighted by Gasteiger charge is -2.18.